The number of benzene rings is 1. The van der Waals surface area contributed by atoms with Crippen molar-refractivity contribution in [3.8, 4) is 11.5 Å². The summed E-state index contributed by atoms with van der Waals surface area (Å²) in [5, 5.41) is 5.09. The first kappa shape index (κ1) is 15.2. The maximum atomic E-state index is 11.1. The molecule has 0 atom stereocenters. The zero-order valence-corrected chi connectivity index (χ0v) is 13.0. The van der Waals surface area contributed by atoms with Gasteiger partial charge in [0.1, 0.15) is 0 Å². The molecule has 1 aromatic carbocycles. The quantitative estimate of drug-likeness (QED) is 0.860. The molecule has 3 N–H and O–H groups in total. The highest BCUT2D eigenvalue weighted by molar-refractivity contribution is 7.10. The Balaban J connectivity index is 2.13. The highest BCUT2D eigenvalue weighted by Crippen LogP contribution is 2.33. The maximum Gasteiger partial charge on any atom is 0.249 e. The summed E-state index contributed by atoms with van der Waals surface area (Å²) in [6.07, 6.45) is 0. The minimum atomic E-state index is -0.403. The second-order valence-electron chi connectivity index (χ2n) is 4.54. The van der Waals surface area contributed by atoms with Crippen LogP contribution in [0, 0.1) is 6.92 Å². The third-order valence-corrected chi connectivity index (χ3v) is 4.06. The number of anilines is 1. The fourth-order valence-electron chi connectivity index (χ4n) is 1.96. The van der Waals surface area contributed by atoms with Crippen molar-refractivity contribution in [1.29, 1.82) is 0 Å². The van der Waals surface area contributed by atoms with E-state index in [0.29, 0.717) is 23.6 Å². The molecule has 1 aromatic heterocycles. The third kappa shape index (κ3) is 3.46. The van der Waals surface area contributed by atoms with Gasteiger partial charge in [0.05, 0.1) is 19.8 Å². The number of rotatable bonds is 6. The van der Waals surface area contributed by atoms with Crippen molar-refractivity contribution in [3.63, 3.8) is 0 Å². The van der Waals surface area contributed by atoms with E-state index >= 15 is 0 Å². The van der Waals surface area contributed by atoms with Crippen molar-refractivity contribution in [3.05, 3.63) is 39.6 Å². The van der Waals surface area contributed by atoms with Gasteiger partial charge in [0, 0.05) is 28.6 Å². The Kier molecular flexibility index (Phi) is 4.70. The first-order chi connectivity index (χ1) is 10.0. The summed E-state index contributed by atoms with van der Waals surface area (Å²) in [5.74, 6) is 0.974. The van der Waals surface area contributed by atoms with Crippen LogP contribution in [0.15, 0.2) is 23.6 Å². The van der Waals surface area contributed by atoms with Crippen LogP contribution in [0.4, 0.5) is 5.69 Å². The minimum absolute atomic E-state index is 0.403. The van der Waals surface area contributed by atoms with E-state index in [4.69, 9.17) is 15.2 Å². The van der Waals surface area contributed by atoms with E-state index in [2.05, 4.69) is 5.32 Å². The fraction of sp³-hybridized carbons (Fsp3) is 0.267. The SMILES string of the molecule is COc1cc(C)c(NCc2cc(C(N)=O)cs2)cc1OC. The summed E-state index contributed by atoms with van der Waals surface area (Å²) in [5.41, 5.74) is 7.80. The van der Waals surface area contributed by atoms with Crippen molar-refractivity contribution < 1.29 is 14.3 Å². The van der Waals surface area contributed by atoms with Crippen LogP contribution in [0.2, 0.25) is 0 Å². The van der Waals surface area contributed by atoms with Gasteiger partial charge in [0.2, 0.25) is 5.91 Å². The van der Waals surface area contributed by atoms with Gasteiger partial charge in [-0.2, -0.15) is 0 Å². The Morgan fingerprint density at radius 2 is 1.90 bits per heavy atom. The van der Waals surface area contributed by atoms with Gasteiger partial charge in [-0.25, -0.2) is 0 Å². The van der Waals surface area contributed by atoms with Crippen LogP contribution in [-0.2, 0) is 6.54 Å². The number of nitrogens with one attached hydrogen (secondary N) is 1. The number of carbonyl (C=O) groups excluding carboxylic acids is 1. The average molecular weight is 306 g/mol. The lowest BCUT2D eigenvalue weighted by atomic mass is 10.1. The normalized spacial score (nSPS) is 10.2. The van der Waals surface area contributed by atoms with E-state index in [1.807, 2.05) is 19.1 Å². The molecule has 2 rings (SSSR count). The number of carbonyl (C=O) groups is 1. The van der Waals surface area contributed by atoms with Crippen LogP contribution in [0.25, 0.3) is 0 Å². The molecule has 0 aliphatic heterocycles. The molecule has 0 fully saturated rings. The van der Waals surface area contributed by atoms with Crippen molar-refractivity contribution in [2.24, 2.45) is 5.73 Å². The zero-order chi connectivity index (χ0) is 15.4. The van der Waals surface area contributed by atoms with E-state index in [9.17, 15) is 4.79 Å². The molecule has 1 heterocycles. The Labute approximate surface area is 127 Å². The summed E-state index contributed by atoms with van der Waals surface area (Å²) in [7, 11) is 3.22. The number of hydrogen-bond acceptors (Lipinski definition) is 5. The lowest BCUT2D eigenvalue weighted by Crippen LogP contribution is -2.09. The van der Waals surface area contributed by atoms with Gasteiger partial charge in [-0.05, 0) is 24.6 Å². The highest BCUT2D eigenvalue weighted by atomic mass is 32.1. The number of aryl methyl sites for hydroxylation is 1. The van der Waals surface area contributed by atoms with Gasteiger partial charge in [0.15, 0.2) is 11.5 Å². The summed E-state index contributed by atoms with van der Waals surface area (Å²) >= 11 is 1.50. The summed E-state index contributed by atoms with van der Waals surface area (Å²) < 4.78 is 10.6. The summed E-state index contributed by atoms with van der Waals surface area (Å²) in [4.78, 5) is 12.1. The van der Waals surface area contributed by atoms with Crippen LogP contribution in [0.3, 0.4) is 0 Å². The lowest BCUT2D eigenvalue weighted by molar-refractivity contribution is 0.100. The standard InChI is InChI=1S/C15H18N2O3S/c1-9-4-13(19-2)14(20-3)6-12(9)17-7-11-5-10(8-21-11)15(16)18/h4-6,8,17H,7H2,1-3H3,(H2,16,18). The number of nitrogens with two attached hydrogens (primary N) is 1. The molecule has 0 saturated heterocycles. The number of amides is 1. The molecule has 6 heteroatoms. The molecule has 21 heavy (non-hydrogen) atoms. The van der Waals surface area contributed by atoms with Gasteiger partial charge in [-0.1, -0.05) is 0 Å². The number of methoxy groups -OCH3 is 2. The topological polar surface area (TPSA) is 73.6 Å². The molecule has 112 valence electrons. The lowest BCUT2D eigenvalue weighted by Gasteiger charge is -2.13. The molecule has 1 amide bonds. The predicted molar refractivity (Wildman–Crippen MR) is 84.4 cm³/mol. The Morgan fingerprint density at radius 1 is 1.24 bits per heavy atom. The molecule has 0 radical (unpaired) electrons. The summed E-state index contributed by atoms with van der Waals surface area (Å²) in [6, 6.07) is 5.62. The molecule has 0 aliphatic carbocycles. The molecule has 2 aromatic rings. The molecule has 0 bridgehead atoms. The van der Waals surface area contributed by atoms with Crippen molar-refractivity contribution in [2.75, 3.05) is 19.5 Å². The van der Waals surface area contributed by atoms with E-state index in [1.54, 1.807) is 25.7 Å². The monoisotopic (exact) mass is 306 g/mol. The summed E-state index contributed by atoms with van der Waals surface area (Å²) in [6.45, 7) is 2.61. The van der Waals surface area contributed by atoms with Gasteiger partial charge >= 0.3 is 0 Å². The molecule has 0 unspecified atom stereocenters. The van der Waals surface area contributed by atoms with Gasteiger partial charge in [-0.3, -0.25) is 4.79 Å². The third-order valence-electron chi connectivity index (χ3n) is 3.12. The Hall–Kier alpha value is -2.21. The van der Waals surface area contributed by atoms with Crippen LogP contribution in [0.5, 0.6) is 11.5 Å². The largest absolute Gasteiger partial charge is 0.493 e. The molecule has 0 aliphatic rings. The van der Waals surface area contributed by atoms with Crippen LogP contribution < -0.4 is 20.5 Å². The second kappa shape index (κ2) is 6.49. The first-order valence-electron chi connectivity index (χ1n) is 6.39. The van der Waals surface area contributed by atoms with Gasteiger partial charge in [0.25, 0.3) is 0 Å². The van der Waals surface area contributed by atoms with Gasteiger partial charge < -0.3 is 20.5 Å². The number of ether oxygens (including phenoxy) is 2. The van der Waals surface area contributed by atoms with Crippen LogP contribution in [-0.4, -0.2) is 20.1 Å². The molecule has 5 nitrogen and oxygen atoms in total. The van der Waals surface area contributed by atoms with Crippen molar-refractivity contribution in [1.82, 2.24) is 0 Å². The molecular weight excluding hydrogens is 288 g/mol. The number of hydrogen-bond donors (Lipinski definition) is 2. The number of thiophene rings is 1. The van der Waals surface area contributed by atoms with E-state index in [-0.39, 0.29) is 0 Å². The Bertz CT molecular complexity index is 652. The molecular formula is C15H18N2O3S. The smallest absolute Gasteiger partial charge is 0.249 e. The molecule has 0 saturated carbocycles. The molecule has 0 spiro atoms. The Morgan fingerprint density at radius 3 is 2.48 bits per heavy atom. The van der Waals surface area contributed by atoms with E-state index in [0.717, 1.165) is 16.1 Å². The number of primary amides is 1. The average Bonchev–Trinajstić information content (AvgIpc) is 2.94. The predicted octanol–water partition coefficient (Wildman–Crippen LogP) is 2.78. The minimum Gasteiger partial charge on any atom is -0.493 e. The van der Waals surface area contributed by atoms with E-state index in [1.165, 1.54) is 11.3 Å². The first-order valence-corrected chi connectivity index (χ1v) is 7.26. The van der Waals surface area contributed by atoms with Crippen molar-refractivity contribution in [2.45, 2.75) is 13.5 Å². The maximum absolute atomic E-state index is 11.1. The zero-order valence-electron chi connectivity index (χ0n) is 12.2. The second-order valence-corrected chi connectivity index (χ2v) is 5.54. The van der Waals surface area contributed by atoms with Gasteiger partial charge in [-0.15, -0.1) is 11.3 Å². The van der Waals surface area contributed by atoms with Crippen LogP contribution >= 0.6 is 11.3 Å². The van der Waals surface area contributed by atoms with Crippen LogP contribution in [0.1, 0.15) is 20.8 Å². The fourth-order valence-corrected chi connectivity index (χ4v) is 2.77. The van der Waals surface area contributed by atoms with E-state index < -0.39 is 5.91 Å². The highest BCUT2D eigenvalue weighted by Gasteiger charge is 2.09. The van der Waals surface area contributed by atoms with Crippen molar-refractivity contribution >= 4 is 22.9 Å².